The smallest absolute Gasteiger partial charge is 0.0629 e. The first-order valence-corrected chi connectivity index (χ1v) is 6.59. The van der Waals surface area contributed by atoms with Crippen LogP contribution in [-0.4, -0.2) is 11.7 Å². The monoisotopic (exact) mass is 280 g/mol. The van der Waals surface area contributed by atoms with E-state index < -0.39 is 0 Å². The van der Waals surface area contributed by atoms with Crippen molar-refractivity contribution in [3.8, 4) is 0 Å². The Kier molecular flexibility index (Phi) is 7.25. The summed E-state index contributed by atoms with van der Waals surface area (Å²) in [5, 5.41) is 3.20. The lowest BCUT2D eigenvalue weighted by Gasteiger charge is -1.97. The van der Waals surface area contributed by atoms with E-state index in [2.05, 4.69) is 10.3 Å². The molecule has 0 aromatic heterocycles. The van der Waals surface area contributed by atoms with E-state index in [1.165, 1.54) is 0 Å². The van der Waals surface area contributed by atoms with Crippen LogP contribution in [0.3, 0.4) is 0 Å². The fourth-order valence-electron chi connectivity index (χ4n) is 1.61. The van der Waals surface area contributed by atoms with E-state index in [0.717, 1.165) is 16.9 Å². The molecule has 0 atom stereocenters. The van der Waals surface area contributed by atoms with Crippen LogP contribution in [0.25, 0.3) is 0 Å². The average Bonchev–Trinajstić information content (AvgIpc) is 2.52. The van der Waals surface area contributed by atoms with E-state index in [4.69, 9.17) is 0 Å². The van der Waals surface area contributed by atoms with E-state index in [-0.39, 0.29) is 5.48 Å². The van der Waals surface area contributed by atoms with Gasteiger partial charge in [0.1, 0.15) is 0 Å². The molecule has 0 amide bonds. The van der Waals surface area contributed by atoms with Gasteiger partial charge in [-0.2, -0.15) is 0 Å². The molecule has 0 aliphatic carbocycles. The molecule has 3 nitrogen and oxygen atoms in total. The molecular weight excluding hydrogens is 260 g/mol. The van der Waals surface area contributed by atoms with Crippen molar-refractivity contribution in [3.05, 3.63) is 84.6 Å². The highest BCUT2D eigenvalue weighted by molar-refractivity contribution is 5.80. The SMILES string of the molecule is CC(C=Nc1ccccc1)=CC=CNc1ccccc1.O. The number of nitrogens with one attached hydrogen (secondary N) is 1. The molecule has 108 valence electrons. The average molecular weight is 280 g/mol. The number of benzene rings is 2. The third kappa shape index (κ3) is 6.36. The van der Waals surface area contributed by atoms with Crippen LogP contribution >= 0.6 is 0 Å². The molecule has 0 bridgehead atoms. The highest BCUT2D eigenvalue weighted by Gasteiger charge is 1.85. The lowest BCUT2D eigenvalue weighted by Crippen LogP contribution is -1.85. The van der Waals surface area contributed by atoms with Crippen molar-refractivity contribution in [2.24, 2.45) is 4.99 Å². The molecule has 0 fully saturated rings. The van der Waals surface area contributed by atoms with E-state index >= 15 is 0 Å². The summed E-state index contributed by atoms with van der Waals surface area (Å²) in [5.74, 6) is 0. The maximum absolute atomic E-state index is 4.40. The summed E-state index contributed by atoms with van der Waals surface area (Å²) in [6.07, 6.45) is 7.76. The lowest BCUT2D eigenvalue weighted by molar-refractivity contribution is 0.824. The van der Waals surface area contributed by atoms with Gasteiger partial charge in [-0.05, 0) is 42.8 Å². The van der Waals surface area contributed by atoms with Crippen LogP contribution in [0.5, 0.6) is 0 Å². The molecule has 0 unspecified atom stereocenters. The second-order valence-corrected chi connectivity index (χ2v) is 4.37. The zero-order valence-electron chi connectivity index (χ0n) is 12.0. The predicted octanol–water partition coefficient (Wildman–Crippen LogP) is 4.14. The molecule has 0 heterocycles. The highest BCUT2D eigenvalue weighted by atomic mass is 16.0. The summed E-state index contributed by atoms with van der Waals surface area (Å²) in [7, 11) is 0. The Morgan fingerprint density at radius 1 is 0.952 bits per heavy atom. The maximum Gasteiger partial charge on any atom is 0.0629 e. The first kappa shape index (κ1) is 16.4. The Morgan fingerprint density at radius 2 is 1.57 bits per heavy atom. The van der Waals surface area contributed by atoms with Crippen LogP contribution in [0.15, 0.2) is 89.6 Å². The van der Waals surface area contributed by atoms with E-state index in [1.54, 1.807) is 0 Å². The minimum atomic E-state index is 0. The molecule has 0 radical (unpaired) electrons. The van der Waals surface area contributed by atoms with Gasteiger partial charge in [-0.3, -0.25) is 4.99 Å². The van der Waals surface area contributed by atoms with Crippen LogP contribution in [0.2, 0.25) is 0 Å². The van der Waals surface area contributed by atoms with Crippen molar-refractivity contribution in [3.63, 3.8) is 0 Å². The first-order chi connectivity index (χ1) is 9.84. The van der Waals surface area contributed by atoms with Gasteiger partial charge in [-0.1, -0.05) is 42.5 Å². The molecule has 21 heavy (non-hydrogen) atoms. The van der Waals surface area contributed by atoms with E-state index in [1.807, 2.05) is 92.2 Å². The van der Waals surface area contributed by atoms with Crippen LogP contribution in [0.4, 0.5) is 11.4 Å². The molecule has 3 N–H and O–H groups in total. The summed E-state index contributed by atoms with van der Waals surface area (Å²) >= 11 is 0. The molecular formula is C18H20N2O. The highest BCUT2D eigenvalue weighted by Crippen LogP contribution is 2.09. The zero-order chi connectivity index (χ0) is 14.0. The van der Waals surface area contributed by atoms with Crippen molar-refractivity contribution >= 4 is 17.6 Å². The number of nitrogens with zero attached hydrogens (tertiary/aromatic N) is 1. The van der Waals surface area contributed by atoms with Gasteiger partial charge in [-0.15, -0.1) is 0 Å². The molecule has 0 aliphatic rings. The van der Waals surface area contributed by atoms with Gasteiger partial charge in [0, 0.05) is 18.1 Å². The quantitative estimate of drug-likeness (QED) is 0.649. The Bertz CT molecular complexity index is 602. The maximum atomic E-state index is 4.40. The molecule has 2 aromatic carbocycles. The predicted molar refractivity (Wildman–Crippen MR) is 91.2 cm³/mol. The van der Waals surface area contributed by atoms with Crippen molar-refractivity contribution in [2.75, 3.05) is 5.32 Å². The minimum absolute atomic E-state index is 0. The fraction of sp³-hybridized carbons (Fsp3) is 0.0556. The fourth-order valence-corrected chi connectivity index (χ4v) is 1.61. The standard InChI is InChI=1S/C18H18N2.H2O/c1-16(15-20-18-12-6-3-7-13-18)9-8-14-19-17-10-4-2-5-11-17;/h2-15,19H,1H3;1H2. The summed E-state index contributed by atoms with van der Waals surface area (Å²) in [6, 6.07) is 20.0. The van der Waals surface area contributed by atoms with Gasteiger partial charge in [-0.25, -0.2) is 0 Å². The summed E-state index contributed by atoms with van der Waals surface area (Å²) in [6.45, 7) is 2.03. The van der Waals surface area contributed by atoms with Gasteiger partial charge in [0.25, 0.3) is 0 Å². The first-order valence-electron chi connectivity index (χ1n) is 6.59. The van der Waals surface area contributed by atoms with Gasteiger partial charge in [0.2, 0.25) is 0 Å². The molecule has 2 aromatic rings. The molecule has 0 spiro atoms. The van der Waals surface area contributed by atoms with Crippen molar-refractivity contribution < 1.29 is 5.48 Å². The minimum Gasteiger partial charge on any atom is -0.412 e. The molecule has 0 saturated heterocycles. The van der Waals surface area contributed by atoms with Crippen molar-refractivity contribution in [2.45, 2.75) is 6.92 Å². The molecule has 3 heteroatoms. The van der Waals surface area contributed by atoms with Crippen LogP contribution in [-0.2, 0) is 0 Å². The Labute approximate surface area is 125 Å². The number of aliphatic imine (C=N–C) groups is 1. The van der Waals surface area contributed by atoms with Gasteiger partial charge in [0.05, 0.1) is 5.69 Å². The number of anilines is 1. The topological polar surface area (TPSA) is 55.9 Å². The van der Waals surface area contributed by atoms with Crippen LogP contribution in [0.1, 0.15) is 6.92 Å². The van der Waals surface area contributed by atoms with E-state index in [9.17, 15) is 0 Å². The van der Waals surface area contributed by atoms with Gasteiger partial charge in [0.15, 0.2) is 0 Å². The number of para-hydroxylation sites is 2. The second-order valence-electron chi connectivity index (χ2n) is 4.37. The molecule has 0 aliphatic heterocycles. The Hall–Kier alpha value is -2.65. The summed E-state index contributed by atoms with van der Waals surface area (Å²) < 4.78 is 0. The Balaban J connectivity index is 0.00000220. The van der Waals surface area contributed by atoms with Crippen LogP contribution < -0.4 is 5.32 Å². The van der Waals surface area contributed by atoms with Gasteiger partial charge >= 0.3 is 0 Å². The summed E-state index contributed by atoms with van der Waals surface area (Å²) in [4.78, 5) is 4.40. The van der Waals surface area contributed by atoms with Gasteiger partial charge < -0.3 is 10.8 Å². The largest absolute Gasteiger partial charge is 0.412 e. The number of rotatable bonds is 5. The number of allylic oxidation sites excluding steroid dienone is 3. The zero-order valence-corrected chi connectivity index (χ0v) is 12.0. The molecule has 0 saturated carbocycles. The lowest BCUT2D eigenvalue weighted by atomic mass is 10.3. The second kappa shape index (κ2) is 9.28. The molecule has 2 rings (SSSR count). The normalized spacial score (nSPS) is 11.6. The van der Waals surface area contributed by atoms with Crippen molar-refractivity contribution in [1.29, 1.82) is 0 Å². The summed E-state index contributed by atoms with van der Waals surface area (Å²) in [5.41, 5.74) is 3.14. The number of hydrogen-bond acceptors (Lipinski definition) is 2. The third-order valence-corrected chi connectivity index (χ3v) is 2.65. The Morgan fingerprint density at radius 3 is 2.24 bits per heavy atom. The van der Waals surface area contributed by atoms with E-state index in [0.29, 0.717) is 0 Å². The van der Waals surface area contributed by atoms with Crippen molar-refractivity contribution in [1.82, 2.24) is 0 Å². The third-order valence-electron chi connectivity index (χ3n) is 2.65. The number of hydrogen-bond donors (Lipinski definition) is 1. The van der Waals surface area contributed by atoms with Crippen LogP contribution in [0, 0.1) is 0 Å².